The first-order valence-corrected chi connectivity index (χ1v) is 9.90. The third-order valence-electron chi connectivity index (χ3n) is 5.77. The third-order valence-corrected chi connectivity index (χ3v) is 5.77. The van der Waals surface area contributed by atoms with Crippen LogP contribution in [0.25, 0.3) is 5.65 Å². The molecule has 5 heterocycles. The molecule has 7 heteroatoms. The number of nitrogens with zero attached hydrogens (tertiary/aromatic N) is 5. The van der Waals surface area contributed by atoms with Crippen molar-refractivity contribution < 1.29 is 4.79 Å². The number of hydrogen-bond acceptors (Lipinski definition) is 5. The van der Waals surface area contributed by atoms with Crippen LogP contribution in [0.4, 0.5) is 5.82 Å². The minimum Gasteiger partial charge on any atom is -0.348 e. The van der Waals surface area contributed by atoms with Crippen LogP contribution in [0.2, 0.25) is 0 Å². The highest BCUT2D eigenvalue weighted by atomic mass is 16.1. The molecule has 1 amide bonds. The quantitative estimate of drug-likeness (QED) is 0.653. The molecular formula is C21H24N6O. The fraction of sp³-hybridized carbons (Fsp3) is 0.429. The fourth-order valence-electron chi connectivity index (χ4n) is 4.23. The number of pyridine rings is 1. The molecule has 1 N–H and O–H groups in total. The first kappa shape index (κ1) is 17.2. The van der Waals surface area contributed by atoms with Crippen LogP contribution in [0.1, 0.15) is 60.9 Å². The van der Waals surface area contributed by atoms with Gasteiger partial charge in [-0.2, -0.15) is 5.10 Å². The van der Waals surface area contributed by atoms with E-state index in [0.717, 1.165) is 49.4 Å². The molecule has 1 saturated heterocycles. The summed E-state index contributed by atoms with van der Waals surface area (Å²) in [6.45, 7) is 5.02. The van der Waals surface area contributed by atoms with Gasteiger partial charge in [-0.05, 0) is 57.7 Å². The van der Waals surface area contributed by atoms with Crippen molar-refractivity contribution in [2.24, 2.45) is 0 Å². The summed E-state index contributed by atoms with van der Waals surface area (Å²) < 4.78 is 1.67. The summed E-state index contributed by atoms with van der Waals surface area (Å²) in [5.41, 5.74) is 2.92. The van der Waals surface area contributed by atoms with Crippen molar-refractivity contribution in [2.75, 3.05) is 11.4 Å². The molecule has 28 heavy (non-hydrogen) atoms. The van der Waals surface area contributed by atoms with Crippen molar-refractivity contribution in [1.29, 1.82) is 0 Å². The van der Waals surface area contributed by atoms with Crippen molar-refractivity contribution in [3.05, 3.63) is 53.6 Å². The topological polar surface area (TPSA) is 75.4 Å². The van der Waals surface area contributed by atoms with Crippen LogP contribution in [0.15, 0.2) is 36.7 Å². The zero-order chi connectivity index (χ0) is 19.3. The highest BCUT2D eigenvalue weighted by molar-refractivity contribution is 6.00. The third kappa shape index (κ3) is 2.91. The summed E-state index contributed by atoms with van der Waals surface area (Å²) in [7, 11) is 0. The van der Waals surface area contributed by atoms with E-state index in [1.807, 2.05) is 26.1 Å². The lowest BCUT2D eigenvalue weighted by Gasteiger charge is -2.28. The van der Waals surface area contributed by atoms with Crippen molar-refractivity contribution in [1.82, 2.24) is 24.9 Å². The molecule has 4 bridgehead atoms. The van der Waals surface area contributed by atoms with Gasteiger partial charge in [0.15, 0.2) is 5.65 Å². The second-order valence-electron chi connectivity index (χ2n) is 8.36. The number of carbonyl (C=O) groups excluding carboxylic acids is 1. The van der Waals surface area contributed by atoms with Gasteiger partial charge >= 0.3 is 0 Å². The molecule has 0 spiro atoms. The van der Waals surface area contributed by atoms with Crippen molar-refractivity contribution in [3.8, 4) is 0 Å². The normalized spacial score (nSPS) is 21.4. The summed E-state index contributed by atoms with van der Waals surface area (Å²) in [6, 6.07) is 8.48. The van der Waals surface area contributed by atoms with E-state index in [9.17, 15) is 4.79 Å². The molecule has 2 aliphatic heterocycles. The lowest BCUT2D eigenvalue weighted by atomic mass is 9.96. The summed E-state index contributed by atoms with van der Waals surface area (Å²) in [5.74, 6) is 0.731. The highest BCUT2D eigenvalue weighted by Gasteiger charge is 2.30. The van der Waals surface area contributed by atoms with Crippen LogP contribution in [0, 0.1) is 0 Å². The minimum atomic E-state index is -0.357. The molecule has 7 nitrogen and oxygen atoms in total. The van der Waals surface area contributed by atoms with E-state index in [1.165, 1.54) is 0 Å². The van der Waals surface area contributed by atoms with Crippen LogP contribution < -0.4 is 10.2 Å². The van der Waals surface area contributed by atoms with Crippen molar-refractivity contribution in [2.45, 2.75) is 51.1 Å². The van der Waals surface area contributed by atoms with Crippen LogP contribution in [-0.4, -0.2) is 37.6 Å². The largest absolute Gasteiger partial charge is 0.348 e. The van der Waals surface area contributed by atoms with E-state index in [1.54, 1.807) is 10.7 Å². The number of carbonyl (C=O) groups is 1. The van der Waals surface area contributed by atoms with Crippen LogP contribution in [-0.2, 0) is 6.42 Å². The minimum absolute atomic E-state index is 0.138. The zero-order valence-electron chi connectivity index (χ0n) is 16.2. The Labute approximate surface area is 163 Å². The predicted molar refractivity (Wildman–Crippen MR) is 106 cm³/mol. The predicted octanol–water partition coefficient (Wildman–Crippen LogP) is 2.92. The Kier molecular flexibility index (Phi) is 3.86. The van der Waals surface area contributed by atoms with Crippen LogP contribution in [0.5, 0.6) is 0 Å². The highest BCUT2D eigenvalue weighted by Crippen LogP contribution is 2.35. The van der Waals surface area contributed by atoms with Crippen molar-refractivity contribution >= 4 is 17.4 Å². The Bertz CT molecular complexity index is 1060. The van der Waals surface area contributed by atoms with Gasteiger partial charge in [-0.3, -0.25) is 9.78 Å². The van der Waals surface area contributed by atoms with Gasteiger partial charge in [-0.25, -0.2) is 9.50 Å². The van der Waals surface area contributed by atoms with Crippen molar-refractivity contribution in [3.63, 3.8) is 0 Å². The number of fused-ring (bicyclic) bond motifs is 6. The Morgan fingerprint density at radius 3 is 3.00 bits per heavy atom. The summed E-state index contributed by atoms with van der Waals surface area (Å²) in [5, 5.41) is 7.46. The lowest BCUT2D eigenvalue weighted by Crippen LogP contribution is -2.43. The summed E-state index contributed by atoms with van der Waals surface area (Å²) >= 11 is 0. The Hall–Kier alpha value is -2.96. The molecule has 5 rings (SSSR count). The molecule has 0 saturated carbocycles. The number of nitrogens with one attached hydrogen (secondary N) is 1. The summed E-state index contributed by atoms with van der Waals surface area (Å²) in [6.07, 6.45) is 7.27. The van der Waals surface area contributed by atoms with Gasteiger partial charge < -0.3 is 10.2 Å². The monoisotopic (exact) mass is 376 g/mol. The SMILES string of the molecule is CC1(C)CCc2cccc(n2)[C@H]2CCCN2c2ccn3ncc(c3n2)C(=O)N1. The maximum absolute atomic E-state index is 13.0. The number of rotatable bonds is 0. The summed E-state index contributed by atoms with van der Waals surface area (Å²) in [4.78, 5) is 25.0. The number of anilines is 1. The first-order valence-electron chi connectivity index (χ1n) is 9.90. The molecule has 1 fully saturated rings. The molecule has 0 radical (unpaired) electrons. The molecule has 0 aromatic carbocycles. The van der Waals surface area contributed by atoms with Gasteiger partial charge in [0.2, 0.25) is 0 Å². The number of amides is 1. The van der Waals surface area contributed by atoms with E-state index < -0.39 is 0 Å². The smallest absolute Gasteiger partial charge is 0.257 e. The number of aromatic nitrogens is 4. The van der Waals surface area contributed by atoms with Gasteiger partial charge in [0.25, 0.3) is 5.91 Å². The number of hydrogen-bond donors (Lipinski definition) is 1. The average molecular weight is 376 g/mol. The Morgan fingerprint density at radius 1 is 1.21 bits per heavy atom. The molecule has 1 atom stereocenters. The van der Waals surface area contributed by atoms with E-state index in [4.69, 9.17) is 9.97 Å². The standard InChI is InChI=1S/C21H24N6O/c1-21(2)10-8-14-5-3-6-16(23-14)17-7-4-11-26(17)18-9-12-27-19(24-18)15(13-22-27)20(28)25-21/h3,5-6,9,12-13,17H,4,7-8,10-11H2,1-2H3,(H,25,28)/t17-/m1/s1. The first-order chi connectivity index (χ1) is 13.5. The maximum Gasteiger partial charge on any atom is 0.257 e. The molecule has 0 unspecified atom stereocenters. The van der Waals surface area contributed by atoms with Gasteiger partial charge in [0.05, 0.1) is 17.9 Å². The maximum atomic E-state index is 13.0. The molecule has 3 aromatic heterocycles. The molecule has 3 aromatic rings. The van der Waals surface area contributed by atoms with E-state index in [-0.39, 0.29) is 17.5 Å². The average Bonchev–Trinajstić information content (AvgIpc) is 3.32. The number of aryl methyl sites for hydroxylation is 1. The lowest BCUT2D eigenvalue weighted by molar-refractivity contribution is 0.0910. The zero-order valence-corrected chi connectivity index (χ0v) is 16.2. The van der Waals surface area contributed by atoms with Crippen LogP contribution >= 0.6 is 0 Å². The van der Waals surface area contributed by atoms with Crippen LogP contribution in [0.3, 0.4) is 0 Å². The van der Waals surface area contributed by atoms with Gasteiger partial charge in [-0.15, -0.1) is 0 Å². The molecular weight excluding hydrogens is 352 g/mol. The second kappa shape index (κ2) is 6.29. The molecule has 2 aliphatic rings. The Balaban J connectivity index is 1.67. The van der Waals surface area contributed by atoms with E-state index >= 15 is 0 Å². The van der Waals surface area contributed by atoms with Gasteiger partial charge in [0.1, 0.15) is 11.4 Å². The van der Waals surface area contributed by atoms with E-state index in [2.05, 4.69) is 33.5 Å². The second-order valence-corrected chi connectivity index (χ2v) is 8.36. The Morgan fingerprint density at radius 2 is 2.11 bits per heavy atom. The molecule has 0 aliphatic carbocycles. The molecule has 144 valence electrons. The van der Waals surface area contributed by atoms with Gasteiger partial charge in [-0.1, -0.05) is 6.07 Å². The van der Waals surface area contributed by atoms with Gasteiger partial charge in [0, 0.05) is 24.0 Å². The van der Waals surface area contributed by atoms with E-state index in [0.29, 0.717) is 11.2 Å². The fourth-order valence-corrected chi connectivity index (χ4v) is 4.23.